The molecule has 0 N–H and O–H groups in total. The van der Waals surface area contributed by atoms with Gasteiger partial charge in [0, 0.05) is 12.5 Å². The summed E-state index contributed by atoms with van der Waals surface area (Å²) in [5, 5.41) is 7.77. The van der Waals surface area contributed by atoms with E-state index in [1.54, 1.807) is 6.92 Å². The fourth-order valence-electron chi connectivity index (χ4n) is 1.29. The second-order valence-electron chi connectivity index (χ2n) is 3.43. The van der Waals surface area contributed by atoms with E-state index in [4.69, 9.17) is 4.42 Å². The van der Waals surface area contributed by atoms with E-state index in [1.807, 2.05) is 6.07 Å². The van der Waals surface area contributed by atoms with Gasteiger partial charge in [-0.3, -0.25) is 0 Å². The minimum Gasteiger partial charge on any atom is -0.421 e. The van der Waals surface area contributed by atoms with E-state index in [0.29, 0.717) is 11.8 Å². The van der Waals surface area contributed by atoms with E-state index in [0.717, 1.165) is 5.56 Å². The molecule has 0 bridgehead atoms. The van der Waals surface area contributed by atoms with Crippen LogP contribution < -0.4 is 0 Å². The van der Waals surface area contributed by atoms with Crippen LogP contribution in [0.15, 0.2) is 22.6 Å². The molecule has 1 aromatic heterocycles. The molecule has 72 valence electrons. The number of hydrogen-bond acceptors (Lipinski definition) is 3. The Hall–Kier alpha value is -1.64. The molecule has 0 radical (unpaired) electrons. The van der Waals surface area contributed by atoms with Crippen molar-refractivity contribution in [2.24, 2.45) is 0 Å². The lowest BCUT2D eigenvalue weighted by Gasteiger charge is -2.00. The molecule has 0 atom stereocenters. The standard InChI is InChI=1S/C11H12N2O/c1-7-4-5-10(6-8(7)2)11-13-12-9(3)14-11/h4-6H,1-3H3. The zero-order valence-corrected chi connectivity index (χ0v) is 8.53. The number of benzene rings is 1. The molecule has 0 amide bonds. The van der Waals surface area contributed by atoms with Gasteiger partial charge in [-0.15, -0.1) is 10.2 Å². The molecule has 0 aliphatic heterocycles. The van der Waals surface area contributed by atoms with E-state index >= 15 is 0 Å². The third-order valence-electron chi connectivity index (χ3n) is 2.28. The van der Waals surface area contributed by atoms with Crippen LogP contribution in [0.1, 0.15) is 17.0 Å². The molecule has 0 fully saturated rings. The first kappa shape index (κ1) is 8.94. The first-order valence-electron chi connectivity index (χ1n) is 4.54. The summed E-state index contributed by atoms with van der Waals surface area (Å²) in [5.74, 6) is 1.18. The molecule has 3 heteroatoms. The summed E-state index contributed by atoms with van der Waals surface area (Å²) in [6.07, 6.45) is 0. The van der Waals surface area contributed by atoms with E-state index in [1.165, 1.54) is 11.1 Å². The van der Waals surface area contributed by atoms with E-state index in [9.17, 15) is 0 Å². The summed E-state index contributed by atoms with van der Waals surface area (Å²) in [5.41, 5.74) is 3.48. The molecule has 1 aromatic carbocycles. The number of rotatable bonds is 1. The maximum absolute atomic E-state index is 5.34. The molecule has 0 saturated heterocycles. The highest BCUT2D eigenvalue weighted by Gasteiger charge is 2.05. The van der Waals surface area contributed by atoms with Crippen LogP contribution >= 0.6 is 0 Å². The first-order chi connectivity index (χ1) is 6.66. The molecule has 0 unspecified atom stereocenters. The Balaban J connectivity index is 2.47. The van der Waals surface area contributed by atoms with Crippen molar-refractivity contribution >= 4 is 0 Å². The van der Waals surface area contributed by atoms with Crippen LogP contribution in [-0.4, -0.2) is 10.2 Å². The minimum absolute atomic E-state index is 0.589. The second kappa shape index (κ2) is 3.25. The van der Waals surface area contributed by atoms with Crippen molar-refractivity contribution in [3.8, 4) is 11.5 Å². The monoisotopic (exact) mass is 188 g/mol. The lowest BCUT2D eigenvalue weighted by molar-refractivity contribution is 0.532. The van der Waals surface area contributed by atoms with Crippen molar-refractivity contribution in [2.75, 3.05) is 0 Å². The Morgan fingerprint density at radius 3 is 2.36 bits per heavy atom. The summed E-state index contributed by atoms with van der Waals surface area (Å²) in [7, 11) is 0. The van der Waals surface area contributed by atoms with Gasteiger partial charge >= 0.3 is 0 Å². The quantitative estimate of drug-likeness (QED) is 0.690. The summed E-state index contributed by atoms with van der Waals surface area (Å²) < 4.78 is 5.34. The van der Waals surface area contributed by atoms with Gasteiger partial charge < -0.3 is 4.42 Å². The minimum atomic E-state index is 0.589. The zero-order chi connectivity index (χ0) is 10.1. The molecule has 0 aliphatic carbocycles. The highest BCUT2D eigenvalue weighted by Crippen LogP contribution is 2.20. The van der Waals surface area contributed by atoms with E-state index in [2.05, 4.69) is 36.2 Å². The normalized spacial score (nSPS) is 10.5. The highest BCUT2D eigenvalue weighted by molar-refractivity contribution is 5.55. The van der Waals surface area contributed by atoms with Crippen LogP contribution in [0.3, 0.4) is 0 Å². The van der Waals surface area contributed by atoms with Crippen LogP contribution in [0.4, 0.5) is 0 Å². The summed E-state index contributed by atoms with van der Waals surface area (Å²) in [4.78, 5) is 0. The first-order valence-corrected chi connectivity index (χ1v) is 4.54. The van der Waals surface area contributed by atoms with Crippen LogP contribution in [0.2, 0.25) is 0 Å². The van der Waals surface area contributed by atoms with Crippen molar-refractivity contribution in [1.82, 2.24) is 10.2 Å². The number of aryl methyl sites for hydroxylation is 3. The Morgan fingerprint density at radius 1 is 1.00 bits per heavy atom. The summed E-state index contributed by atoms with van der Waals surface area (Å²) in [6, 6.07) is 6.11. The van der Waals surface area contributed by atoms with Gasteiger partial charge in [-0.05, 0) is 37.1 Å². The van der Waals surface area contributed by atoms with Gasteiger partial charge in [-0.2, -0.15) is 0 Å². The van der Waals surface area contributed by atoms with Crippen molar-refractivity contribution in [3.63, 3.8) is 0 Å². The molecule has 1 heterocycles. The number of aromatic nitrogens is 2. The smallest absolute Gasteiger partial charge is 0.247 e. The zero-order valence-electron chi connectivity index (χ0n) is 8.53. The molecule has 3 nitrogen and oxygen atoms in total. The average molecular weight is 188 g/mol. The predicted molar refractivity (Wildman–Crippen MR) is 53.9 cm³/mol. The molecule has 2 aromatic rings. The molecule has 0 saturated carbocycles. The third-order valence-corrected chi connectivity index (χ3v) is 2.28. The Kier molecular flexibility index (Phi) is 2.08. The van der Waals surface area contributed by atoms with Gasteiger partial charge in [0.1, 0.15) is 0 Å². The Labute approximate surface area is 82.8 Å². The van der Waals surface area contributed by atoms with Gasteiger partial charge in [0.25, 0.3) is 0 Å². The Morgan fingerprint density at radius 2 is 1.79 bits per heavy atom. The number of hydrogen-bond donors (Lipinski definition) is 0. The van der Waals surface area contributed by atoms with Gasteiger partial charge in [0.15, 0.2) is 0 Å². The molecule has 2 rings (SSSR count). The fourth-order valence-corrected chi connectivity index (χ4v) is 1.29. The summed E-state index contributed by atoms with van der Waals surface area (Å²) >= 11 is 0. The lowest BCUT2D eigenvalue weighted by atomic mass is 10.1. The fraction of sp³-hybridized carbons (Fsp3) is 0.273. The van der Waals surface area contributed by atoms with Crippen molar-refractivity contribution < 1.29 is 4.42 Å². The lowest BCUT2D eigenvalue weighted by Crippen LogP contribution is -1.83. The summed E-state index contributed by atoms with van der Waals surface area (Å²) in [6.45, 7) is 5.94. The SMILES string of the molecule is Cc1nnc(-c2ccc(C)c(C)c2)o1. The highest BCUT2D eigenvalue weighted by atomic mass is 16.4. The molecular formula is C11H12N2O. The van der Waals surface area contributed by atoms with Crippen molar-refractivity contribution in [2.45, 2.75) is 20.8 Å². The van der Waals surface area contributed by atoms with E-state index in [-0.39, 0.29) is 0 Å². The molecule has 0 spiro atoms. The van der Waals surface area contributed by atoms with Crippen LogP contribution in [0, 0.1) is 20.8 Å². The third kappa shape index (κ3) is 1.53. The maximum Gasteiger partial charge on any atom is 0.247 e. The second-order valence-corrected chi connectivity index (χ2v) is 3.43. The van der Waals surface area contributed by atoms with Gasteiger partial charge in [-0.25, -0.2) is 0 Å². The van der Waals surface area contributed by atoms with Gasteiger partial charge in [-0.1, -0.05) is 6.07 Å². The van der Waals surface area contributed by atoms with Crippen molar-refractivity contribution in [1.29, 1.82) is 0 Å². The Bertz CT molecular complexity index is 460. The predicted octanol–water partition coefficient (Wildman–Crippen LogP) is 2.66. The van der Waals surface area contributed by atoms with Gasteiger partial charge in [0.2, 0.25) is 11.8 Å². The van der Waals surface area contributed by atoms with Crippen LogP contribution in [0.25, 0.3) is 11.5 Å². The van der Waals surface area contributed by atoms with Crippen molar-refractivity contribution in [3.05, 3.63) is 35.2 Å². The molecular weight excluding hydrogens is 176 g/mol. The van der Waals surface area contributed by atoms with Gasteiger partial charge in [0.05, 0.1) is 0 Å². The van der Waals surface area contributed by atoms with E-state index < -0.39 is 0 Å². The van der Waals surface area contributed by atoms with Crippen LogP contribution in [0.5, 0.6) is 0 Å². The molecule has 0 aliphatic rings. The van der Waals surface area contributed by atoms with Crippen LogP contribution in [-0.2, 0) is 0 Å². The topological polar surface area (TPSA) is 38.9 Å². The molecule has 14 heavy (non-hydrogen) atoms. The largest absolute Gasteiger partial charge is 0.421 e. The average Bonchev–Trinajstić information content (AvgIpc) is 2.57. The maximum atomic E-state index is 5.34. The number of nitrogens with zero attached hydrogens (tertiary/aromatic N) is 2.